The molecule has 22 heavy (non-hydrogen) atoms. The first-order chi connectivity index (χ1) is 10.6. The van der Waals surface area contributed by atoms with Crippen molar-refractivity contribution in [2.75, 3.05) is 13.1 Å². The number of imidazole rings is 1. The summed E-state index contributed by atoms with van der Waals surface area (Å²) in [7, 11) is 0. The number of hydrogen-bond acceptors (Lipinski definition) is 3. The van der Waals surface area contributed by atoms with E-state index < -0.39 is 5.97 Å². The SMILES string of the molecule is Cc1cccc2nc(CN3CCCC(CC(=O)O)CC3)cn12. The molecule has 1 aliphatic heterocycles. The van der Waals surface area contributed by atoms with Gasteiger partial charge in [-0.25, -0.2) is 4.98 Å². The Morgan fingerprint density at radius 3 is 3.00 bits per heavy atom. The van der Waals surface area contributed by atoms with E-state index in [1.165, 1.54) is 5.69 Å². The fraction of sp³-hybridized carbons (Fsp3) is 0.529. The van der Waals surface area contributed by atoms with Crippen LogP contribution in [-0.4, -0.2) is 38.4 Å². The molecule has 5 nitrogen and oxygen atoms in total. The van der Waals surface area contributed by atoms with Gasteiger partial charge in [-0.2, -0.15) is 0 Å². The van der Waals surface area contributed by atoms with Gasteiger partial charge in [0.15, 0.2) is 0 Å². The Morgan fingerprint density at radius 1 is 1.36 bits per heavy atom. The molecule has 3 rings (SSSR count). The summed E-state index contributed by atoms with van der Waals surface area (Å²) in [6, 6.07) is 6.15. The summed E-state index contributed by atoms with van der Waals surface area (Å²) in [5.74, 6) is -0.347. The average Bonchev–Trinajstić information content (AvgIpc) is 2.75. The van der Waals surface area contributed by atoms with Gasteiger partial charge in [-0.3, -0.25) is 9.69 Å². The van der Waals surface area contributed by atoms with Gasteiger partial charge in [0.05, 0.1) is 5.69 Å². The highest BCUT2D eigenvalue weighted by Crippen LogP contribution is 2.22. The van der Waals surface area contributed by atoms with Crippen molar-refractivity contribution < 1.29 is 9.90 Å². The van der Waals surface area contributed by atoms with Crippen LogP contribution in [-0.2, 0) is 11.3 Å². The van der Waals surface area contributed by atoms with Crippen molar-refractivity contribution in [3.05, 3.63) is 35.8 Å². The van der Waals surface area contributed by atoms with E-state index >= 15 is 0 Å². The number of carbonyl (C=O) groups is 1. The lowest BCUT2D eigenvalue weighted by molar-refractivity contribution is -0.138. The third-order valence-corrected chi connectivity index (χ3v) is 4.53. The number of hydrogen-bond donors (Lipinski definition) is 1. The topological polar surface area (TPSA) is 57.8 Å². The lowest BCUT2D eigenvalue weighted by Gasteiger charge is -2.18. The fourth-order valence-electron chi connectivity index (χ4n) is 3.34. The molecular weight excluding hydrogens is 278 g/mol. The van der Waals surface area contributed by atoms with Crippen LogP contribution in [0.2, 0.25) is 0 Å². The number of carboxylic acid groups (broad SMARTS) is 1. The third kappa shape index (κ3) is 3.47. The first-order valence-electron chi connectivity index (χ1n) is 7.99. The molecule has 5 heteroatoms. The summed E-state index contributed by atoms with van der Waals surface area (Å²) in [5.41, 5.74) is 3.27. The summed E-state index contributed by atoms with van der Waals surface area (Å²) in [6.45, 7) is 4.93. The molecule has 0 radical (unpaired) electrons. The predicted octanol–water partition coefficient (Wildman–Crippen LogP) is 2.72. The van der Waals surface area contributed by atoms with Crippen LogP contribution in [0.25, 0.3) is 5.65 Å². The molecule has 1 atom stereocenters. The molecule has 1 unspecified atom stereocenters. The minimum atomic E-state index is -0.672. The molecule has 1 fully saturated rings. The van der Waals surface area contributed by atoms with E-state index in [1.54, 1.807) is 0 Å². The monoisotopic (exact) mass is 301 g/mol. The van der Waals surface area contributed by atoms with E-state index in [-0.39, 0.29) is 0 Å². The maximum Gasteiger partial charge on any atom is 0.303 e. The van der Waals surface area contributed by atoms with Crippen molar-refractivity contribution in [3.8, 4) is 0 Å². The van der Waals surface area contributed by atoms with E-state index in [9.17, 15) is 4.79 Å². The van der Waals surface area contributed by atoms with Crippen LogP contribution in [0.15, 0.2) is 24.4 Å². The number of aryl methyl sites for hydroxylation is 1. The number of likely N-dealkylation sites (tertiary alicyclic amines) is 1. The first kappa shape index (κ1) is 15.0. The van der Waals surface area contributed by atoms with E-state index in [4.69, 9.17) is 10.1 Å². The van der Waals surface area contributed by atoms with Crippen molar-refractivity contribution in [2.24, 2.45) is 5.92 Å². The van der Waals surface area contributed by atoms with Crippen molar-refractivity contribution in [1.82, 2.24) is 14.3 Å². The van der Waals surface area contributed by atoms with Crippen LogP contribution < -0.4 is 0 Å². The van der Waals surface area contributed by atoms with Gasteiger partial charge < -0.3 is 9.51 Å². The molecule has 0 saturated carbocycles. The zero-order valence-electron chi connectivity index (χ0n) is 13.0. The maximum atomic E-state index is 10.9. The molecule has 118 valence electrons. The first-order valence-corrected chi connectivity index (χ1v) is 7.99. The zero-order valence-corrected chi connectivity index (χ0v) is 13.0. The van der Waals surface area contributed by atoms with Gasteiger partial charge in [0.2, 0.25) is 0 Å². The molecule has 0 spiro atoms. The summed E-state index contributed by atoms with van der Waals surface area (Å²) in [4.78, 5) is 18.0. The van der Waals surface area contributed by atoms with E-state index in [0.717, 1.165) is 50.2 Å². The normalized spacial score (nSPS) is 20.1. The molecule has 1 aliphatic rings. The molecule has 0 aliphatic carbocycles. The van der Waals surface area contributed by atoms with Gasteiger partial charge in [-0.1, -0.05) is 6.07 Å². The number of aliphatic carboxylic acids is 1. The largest absolute Gasteiger partial charge is 0.481 e. The zero-order chi connectivity index (χ0) is 15.5. The number of nitrogens with zero attached hydrogens (tertiary/aromatic N) is 3. The Balaban J connectivity index is 1.64. The van der Waals surface area contributed by atoms with Crippen LogP contribution in [0.4, 0.5) is 0 Å². The second-order valence-electron chi connectivity index (χ2n) is 6.30. The van der Waals surface area contributed by atoms with Gasteiger partial charge in [0.25, 0.3) is 0 Å². The standard InChI is InChI=1S/C17H23N3O2/c1-13-4-2-6-16-18-15(12-20(13)16)11-19-8-3-5-14(7-9-19)10-17(21)22/h2,4,6,12,14H,3,5,7-11H2,1H3,(H,21,22). The molecule has 0 amide bonds. The number of aromatic nitrogens is 2. The van der Waals surface area contributed by atoms with Crippen LogP contribution >= 0.6 is 0 Å². The van der Waals surface area contributed by atoms with Crippen LogP contribution in [0.5, 0.6) is 0 Å². The Morgan fingerprint density at radius 2 is 2.23 bits per heavy atom. The van der Waals surface area contributed by atoms with Gasteiger partial charge in [0, 0.05) is 24.9 Å². The van der Waals surface area contributed by atoms with Crippen molar-refractivity contribution in [3.63, 3.8) is 0 Å². The van der Waals surface area contributed by atoms with Gasteiger partial charge in [-0.05, 0) is 57.3 Å². The molecule has 2 aromatic heterocycles. The summed E-state index contributed by atoms with van der Waals surface area (Å²) < 4.78 is 2.13. The minimum Gasteiger partial charge on any atom is -0.481 e. The summed E-state index contributed by atoms with van der Waals surface area (Å²) >= 11 is 0. The predicted molar refractivity (Wildman–Crippen MR) is 84.8 cm³/mol. The summed E-state index contributed by atoms with van der Waals surface area (Å²) in [5, 5.41) is 8.94. The van der Waals surface area contributed by atoms with E-state index in [1.807, 2.05) is 12.1 Å². The lowest BCUT2D eigenvalue weighted by atomic mass is 9.97. The Bertz CT molecular complexity index is 665. The number of fused-ring (bicyclic) bond motifs is 1. The second-order valence-corrected chi connectivity index (χ2v) is 6.30. The highest BCUT2D eigenvalue weighted by atomic mass is 16.4. The second kappa shape index (κ2) is 6.48. The molecule has 2 aromatic rings. The van der Waals surface area contributed by atoms with Crippen LogP contribution in [0.1, 0.15) is 37.1 Å². The Hall–Kier alpha value is -1.88. The number of carboxylic acids is 1. The molecular formula is C17H23N3O2. The van der Waals surface area contributed by atoms with Crippen molar-refractivity contribution in [2.45, 2.75) is 39.2 Å². The maximum absolute atomic E-state index is 10.9. The molecule has 1 N–H and O–H groups in total. The van der Waals surface area contributed by atoms with Gasteiger partial charge in [0.1, 0.15) is 5.65 Å². The fourth-order valence-corrected chi connectivity index (χ4v) is 3.34. The van der Waals surface area contributed by atoms with Crippen LogP contribution in [0.3, 0.4) is 0 Å². The number of rotatable bonds is 4. The quantitative estimate of drug-likeness (QED) is 0.943. The highest BCUT2D eigenvalue weighted by molar-refractivity contribution is 5.67. The van der Waals surface area contributed by atoms with Gasteiger partial charge >= 0.3 is 5.97 Å². The molecule has 3 heterocycles. The third-order valence-electron chi connectivity index (χ3n) is 4.53. The molecule has 0 aromatic carbocycles. The summed E-state index contributed by atoms with van der Waals surface area (Å²) in [6.07, 6.45) is 5.49. The minimum absolute atomic E-state index is 0.307. The smallest absolute Gasteiger partial charge is 0.303 e. The Labute approximate surface area is 130 Å². The number of pyridine rings is 1. The Kier molecular flexibility index (Phi) is 4.43. The van der Waals surface area contributed by atoms with E-state index in [2.05, 4.69) is 28.5 Å². The lowest BCUT2D eigenvalue weighted by Crippen LogP contribution is -2.24. The van der Waals surface area contributed by atoms with Crippen molar-refractivity contribution >= 4 is 11.6 Å². The molecule has 0 bridgehead atoms. The van der Waals surface area contributed by atoms with Gasteiger partial charge in [-0.15, -0.1) is 0 Å². The van der Waals surface area contributed by atoms with Crippen molar-refractivity contribution in [1.29, 1.82) is 0 Å². The van der Waals surface area contributed by atoms with Crippen LogP contribution in [0, 0.1) is 12.8 Å². The van der Waals surface area contributed by atoms with E-state index in [0.29, 0.717) is 12.3 Å². The highest BCUT2D eigenvalue weighted by Gasteiger charge is 2.20. The average molecular weight is 301 g/mol. The molecule has 1 saturated heterocycles.